The molecule has 102 valence electrons. The summed E-state index contributed by atoms with van der Waals surface area (Å²) in [5, 5.41) is 4.46. The zero-order valence-electron chi connectivity index (χ0n) is 11.4. The van der Waals surface area contributed by atoms with Crippen LogP contribution >= 0.6 is 27.3 Å². The zero-order chi connectivity index (χ0) is 13.8. The Bertz CT molecular complexity index is 534. The molecule has 2 aromatic rings. The molecule has 0 amide bonds. The Kier molecular flexibility index (Phi) is 5.07. The first-order chi connectivity index (χ1) is 9.10. The van der Waals surface area contributed by atoms with Crippen molar-refractivity contribution in [3.8, 4) is 10.7 Å². The van der Waals surface area contributed by atoms with Gasteiger partial charge in [-0.25, -0.2) is 4.98 Å². The number of nitrogens with one attached hydrogen (secondary N) is 1. The lowest BCUT2D eigenvalue weighted by molar-refractivity contribution is 0.590. The van der Waals surface area contributed by atoms with Crippen LogP contribution in [0.4, 0.5) is 0 Å². The molecule has 0 radical (unpaired) electrons. The Morgan fingerprint density at radius 1 is 1.37 bits per heavy atom. The van der Waals surface area contributed by atoms with Crippen LogP contribution in [0.5, 0.6) is 0 Å². The monoisotopic (exact) mass is 339 g/mol. The van der Waals surface area contributed by atoms with Gasteiger partial charge in [0.2, 0.25) is 0 Å². The van der Waals surface area contributed by atoms with E-state index >= 15 is 0 Å². The van der Waals surface area contributed by atoms with Crippen LogP contribution < -0.4 is 5.32 Å². The van der Waals surface area contributed by atoms with Gasteiger partial charge in [0.05, 0.1) is 11.4 Å². The quantitative estimate of drug-likeness (QED) is 0.893. The highest BCUT2D eigenvalue weighted by molar-refractivity contribution is 9.10. The Morgan fingerprint density at radius 3 is 2.74 bits per heavy atom. The predicted octanol–water partition coefficient (Wildman–Crippen LogP) is 4.03. The number of hydrogen-bond acceptors (Lipinski definition) is 4. The van der Waals surface area contributed by atoms with Crippen molar-refractivity contribution in [2.24, 2.45) is 0 Å². The Balaban J connectivity index is 2.25. The van der Waals surface area contributed by atoms with E-state index < -0.39 is 0 Å². The molecule has 0 aromatic carbocycles. The lowest BCUT2D eigenvalue weighted by atomic mass is 10.3. The largest absolute Gasteiger partial charge is 0.310 e. The molecule has 0 spiro atoms. The molecule has 0 bridgehead atoms. The summed E-state index contributed by atoms with van der Waals surface area (Å²) >= 11 is 5.14. The Hall–Kier alpha value is -0.780. The standard InChI is InChI=1S/C14H18BrN3S/c1-4-11-13(8-16-9(2)3)19-14(18-11)12-6-5-10(15)7-17-12/h5-7,9,16H,4,8H2,1-3H3. The van der Waals surface area contributed by atoms with Gasteiger partial charge in [-0.2, -0.15) is 0 Å². The Labute approximate surface area is 126 Å². The van der Waals surface area contributed by atoms with Gasteiger partial charge in [0.1, 0.15) is 5.01 Å². The molecule has 0 saturated carbocycles. The molecular formula is C14H18BrN3S. The van der Waals surface area contributed by atoms with E-state index in [1.807, 2.05) is 18.3 Å². The van der Waals surface area contributed by atoms with Crippen molar-refractivity contribution in [2.75, 3.05) is 0 Å². The lowest BCUT2D eigenvalue weighted by Gasteiger charge is -2.06. The SMILES string of the molecule is CCc1nc(-c2ccc(Br)cn2)sc1CNC(C)C. The smallest absolute Gasteiger partial charge is 0.142 e. The van der Waals surface area contributed by atoms with Crippen molar-refractivity contribution in [1.82, 2.24) is 15.3 Å². The summed E-state index contributed by atoms with van der Waals surface area (Å²) in [4.78, 5) is 10.4. The molecule has 1 N–H and O–H groups in total. The molecule has 0 saturated heterocycles. The first-order valence-corrected chi connectivity index (χ1v) is 8.05. The first kappa shape index (κ1) is 14.6. The summed E-state index contributed by atoms with van der Waals surface area (Å²) in [5.74, 6) is 0. The number of thiazole rings is 1. The number of pyridine rings is 1. The maximum absolute atomic E-state index is 4.71. The van der Waals surface area contributed by atoms with Gasteiger partial charge in [0.15, 0.2) is 0 Å². The molecule has 3 nitrogen and oxygen atoms in total. The van der Waals surface area contributed by atoms with E-state index in [0.717, 1.165) is 28.1 Å². The van der Waals surface area contributed by atoms with E-state index in [1.165, 1.54) is 10.6 Å². The molecular weight excluding hydrogens is 322 g/mol. The first-order valence-electron chi connectivity index (χ1n) is 6.44. The molecule has 0 fully saturated rings. The minimum absolute atomic E-state index is 0.487. The molecule has 0 unspecified atom stereocenters. The fourth-order valence-corrected chi connectivity index (χ4v) is 3.02. The molecule has 0 atom stereocenters. The third kappa shape index (κ3) is 3.84. The molecule has 2 aromatic heterocycles. The van der Waals surface area contributed by atoms with Crippen LogP contribution in [0, 0.1) is 0 Å². The maximum atomic E-state index is 4.71. The maximum Gasteiger partial charge on any atom is 0.142 e. The van der Waals surface area contributed by atoms with Crippen LogP contribution in [-0.4, -0.2) is 16.0 Å². The Morgan fingerprint density at radius 2 is 2.16 bits per heavy atom. The highest BCUT2D eigenvalue weighted by Gasteiger charge is 2.12. The fourth-order valence-electron chi connectivity index (χ4n) is 1.71. The second kappa shape index (κ2) is 6.59. The summed E-state index contributed by atoms with van der Waals surface area (Å²) in [7, 11) is 0. The van der Waals surface area contributed by atoms with Gasteiger partial charge >= 0.3 is 0 Å². The molecule has 2 heterocycles. The fraction of sp³-hybridized carbons (Fsp3) is 0.429. The summed E-state index contributed by atoms with van der Waals surface area (Å²) in [5.41, 5.74) is 2.12. The van der Waals surface area contributed by atoms with Crippen molar-refractivity contribution in [1.29, 1.82) is 0 Å². The van der Waals surface area contributed by atoms with Crippen LogP contribution in [0.25, 0.3) is 10.7 Å². The summed E-state index contributed by atoms with van der Waals surface area (Å²) < 4.78 is 0.991. The number of nitrogens with zero attached hydrogens (tertiary/aromatic N) is 2. The second-order valence-corrected chi connectivity index (χ2v) is 6.64. The summed E-state index contributed by atoms with van der Waals surface area (Å²) in [6.45, 7) is 7.34. The molecule has 0 aliphatic rings. The van der Waals surface area contributed by atoms with E-state index in [0.29, 0.717) is 6.04 Å². The third-order valence-corrected chi connectivity index (χ3v) is 4.32. The summed E-state index contributed by atoms with van der Waals surface area (Å²) in [6.07, 6.45) is 2.77. The average molecular weight is 340 g/mol. The van der Waals surface area contributed by atoms with E-state index in [1.54, 1.807) is 11.3 Å². The third-order valence-electron chi connectivity index (χ3n) is 2.73. The van der Waals surface area contributed by atoms with Crippen molar-refractivity contribution in [2.45, 2.75) is 39.8 Å². The second-order valence-electron chi connectivity index (χ2n) is 4.64. The minimum atomic E-state index is 0.487. The van der Waals surface area contributed by atoms with Gasteiger partial charge in [-0.05, 0) is 34.5 Å². The van der Waals surface area contributed by atoms with Crippen LogP contribution in [0.1, 0.15) is 31.3 Å². The van der Waals surface area contributed by atoms with Gasteiger partial charge in [-0.1, -0.05) is 20.8 Å². The van der Waals surface area contributed by atoms with Gasteiger partial charge < -0.3 is 5.32 Å². The molecule has 0 aliphatic heterocycles. The van der Waals surface area contributed by atoms with E-state index in [9.17, 15) is 0 Å². The van der Waals surface area contributed by atoms with E-state index in [-0.39, 0.29) is 0 Å². The van der Waals surface area contributed by atoms with Crippen LogP contribution in [0.2, 0.25) is 0 Å². The van der Waals surface area contributed by atoms with Crippen LogP contribution in [0.3, 0.4) is 0 Å². The van der Waals surface area contributed by atoms with E-state index in [4.69, 9.17) is 4.98 Å². The number of hydrogen-bond donors (Lipinski definition) is 1. The molecule has 2 rings (SSSR count). The highest BCUT2D eigenvalue weighted by Crippen LogP contribution is 2.27. The van der Waals surface area contributed by atoms with Gasteiger partial charge in [0, 0.05) is 28.1 Å². The number of halogens is 1. The van der Waals surface area contributed by atoms with Gasteiger partial charge in [0.25, 0.3) is 0 Å². The van der Waals surface area contributed by atoms with Crippen LogP contribution in [-0.2, 0) is 13.0 Å². The predicted molar refractivity (Wildman–Crippen MR) is 84.4 cm³/mol. The highest BCUT2D eigenvalue weighted by atomic mass is 79.9. The number of aryl methyl sites for hydroxylation is 1. The minimum Gasteiger partial charge on any atom is -0.310 e. The molecule has 19 heavy (non-hydrogen) atoms. The van der Waals surface area contributed by atoms with E-state index in [2.05, 4.69) is 47.0 Å². The lowest BCUT2D eigenvalue weighted by Crippen LogP contribution is -2.21. The number of aromatic nitrogens is 2. The average Bonchev–Trinajstić information content (AvgIpc) is 2.80. The number of rotatable bonds is 5. The normalized spacial score (nSPS) is 11.2. The van der Waals surface area contributed by atoms with Crippen molar-refractivity contribution < 1.29 is 0 Å². The topological polar surface area (TPSA) is 37.8 Å². The van der Waals surface area contributed by atoms with Crippen LogP contribution in [0.15, 0.2) is 22.8 Å². The van der Waals surface area contributed by atoms with Crippen molar-refractivity contribution in [3.63, 3.8) is 0 Å². The summed E-state index contributed by atoms with van der Waals surface area (Å²) in [6, 6.07) is 4.49. The molecule has 0 aliphatic carbocycles. The van der Waals surface area contributed by atoms with Gasteiger partial charge in [-0.15, -0.1) is 11.3 Å². The molecule has 5 heteroatoms. The van der Waals surface area contributed by atoms with Crippen molar-refractivity contribution in [3.05, 3.63) is 33.4 Å². The van der Waals surface area contributed by atoms with Gasteiger partial charge in [-0.3, -0.25) is 4.98 Å². The zero-order valence-corrected chi connectivity index (χ0v) is 13.8. The van der Waals surface area contributed by atoms with Crippen molar-refractivity contribution >= 4 is 27.3 Å².